The fraction of sp³-hybridized carbons (Fsp3) is 0.429. The Morgan fingerprint density at radius 1 is 1.40 bits per heavy atom. The molecule has 5 nitrogen and oxygen atoms in total. The van der Waals surface area contributed by atoms with E-state index in [1.165, 1.54) is 4.90 Å². The smallest absolute Gasteiger partial charge is 0.255 e. The zero-order chi connectivity index (χ0) is 15.3. The lowest BCUT2D eigenvalue weighted by Gasteiger charge is -2.17. The number of anilines is 1. The number of nitrogens with one attached hydrogen (secondary N) is 1. The minimum absolute atomic E-state index is 0.207. The van der Waals surface area contributed by atoms with Gasteiger partial charge in [-0.1, -0.05) is 24.9 Å². The van der Waals surface area contributed by atoms with Crippen LogP contribution in [-0.4, -0.2) is 36.9 Å². The number of amides is 2. The molecule has 1 atom stereocenters. The summed E-state index contributed by atoms with van der Waals surface area (Å²) in [4.78, 5) is 25.4. The first-order valence-electron chi connectivity index (χ1n) is 6.44. The lowest BCUT2D eigenvalue weighted by Crippen LogP contribution is -2.36. The van der Waals surface area contributed by atoms with Gasteiger partial charge in [0.2, 0.25) is 5.91 Å². The fourth-order valence-electron chi connectivity index (χ4n) is 1.71. The highest BCUT2D eigenvalue weighted by atomic mass is 35.5. The highest BCUT2D eigenvalue weighted by molar-refractivity contribution is 6.31. The van der Waals surface area contributed by atoms with Crippen LogP contribution in [-0.2, 0) is 4.79 Å². The summed E-state index contributed by atoms with van der Waals surface area (Å²) < 4.78 is 0. The number of benzene rings is 1. The van der Waals surface area contributed by atoms with Crippen molar-refractivity contribution in [3.63, 3.8) is 0 Å². The Hall–Kier alpha value is -1.59. The van der Waals surface area contributed by atoms with Crippen molar-refractivity contribution in [3.05, 3.63) is 28.8 Å². The van der Waals surface area contributed by atoms with Crippen molar-refractivity contribution >= 4 is 29.1 Å². The Morgan fingerprint density at radius 3 is 2.60 bits per heavy atom. The molecule has 0 aromatic heterocycles. The van der Waals surface area contributed by atoms with Crippen LogP contribution in [0.5, 0.6) is 0 Å². The molecular weight excluding hydrogens is 278 g/mol. The third-order valence-corrected chi connectivity index (χ3v) is 3.05. The minimum Gasteiger partial charge on any atom is -0.345 e. The third kappa shape index (κ3) is 4.21. The molecule has 0 aliphatic carbocycles. The van der Waals surface area contributed by atoms with E-state index < -0.39 is 6.04 Å². The van der Waals surface area contributed by atoms with Gasteiger partial charge in [-0.15, -0.1) is 0 Å². The van der Waals surface area contributed by atoms with Crippen molar-refractivity contribution in [3.8, 4) is 0 Å². The summed E-state index contributed by atoms with van der Waals surface area (Å²) in [5.74, 6) is -0.525. The topological polar surface area (TPSA) is 75.4 Å². The molecule has 1 rings (SSSR count). The number of nitrogens with two attached hydrogens (primary N) is 1. The largest absolute Gasteiger partial charge is 0.345 e. The first-order chi connectivity index (χ1) is 9.36. The molecule has 20 heavy (non-hydrogen) atoms. The molecular formula is C14H20ClN3O2. The van der Waals surface area contributed by atoms with Crippen molar-refractivity contribution in [2.45, 2.75) is 25.8 Å². The molecule has 0 aliphatic rings. The molecule has 0 saturated heterocycles. The summed E-state index contributed by atoms with van der Waals surface area (Å²) in [6.07, 6.45) is 1.40. The van der Waals surface area contributed by atoms with E-state index >= 15 is 0 Å². The zero-order valence-corrected chi connectivity index (χ0v) is 12.7. The van der Waals surface area contributed by atoms with Crippen LogP contribution >= 0.6 is 11.6 Å². The van der Waals surface area contributed by atoms with Gasteiger partial charge in [0, 0.05) is 19.1 Å². The second-order valence-corrected chi connectivity index (χ2v) is 5.21. The molecule has 3 N–H and O–H groups in total. The number of rotatable bonds is 5. The number of hydrogen-bond acceptors (Lipinski definition) is 3. The second-order valence-electron chi connectivity index (χ2n) is 4.77. The monoisotopic (exact) mass is 297 g/mol. The summed E-state index contributed by atoms with van der Waals surface area (Å²) in [7, 11) is 3.29. The minimum atomic E-state index is -0.596. The van der Waals surface area contributed by atoms with Gasteiger partial charge in [0.05, 0.1) is 17.3 Å². The quantitative estimate of drug-likeness (QED) is 0.874. The van der Waals surface area contributed by atoms with Crippen LogP contribution < -0.4 is 11.1 Å². The zero-order valence-electron chi connectivity index (χ0n) is 11.9. The van der Waals surface area contributed by atoms with E-state index in [2.05, 4.69) is 5.32 Å². The summed E-state index contributed by atoms with van der Waals surface area (Å²) in [6.45, 7) is 1.95. The van der Waals surface area contributed by atoms with E-state index in [0.29, 0.717) is 22.7 Å². The Kier molecular flexibility index (Phi) is 5.98. The molecule has 6 heteroatoms. The maximum absolute atomic E-state index is 12.1. The lowest BCUT2D eigenvalue weighted by atomic mass is 10.1. The number of halogens is 1. The van der Waals surface area contributed by atoms with Gasteiger partial charge >= 0.3 is 0 Å². The molecule has 0 fully saturated rings. The molecule has 0 radical (unpaired) electrons. The van der Waals surface area contributed by atoms with Gasteiger partial charge in [-0.25, -0.2) is 0 Å². The van der Waals surface area contributed by atoms with Gasteiger partial charge in [-0.3, -0.25) is 9.59 Å². The number of carbonyl (C=O) groups excluding carboxylic acids is 2. The fourth-order valence-corrected chi connectivity index (χ4v) is 1.89. The van der Waals surface area contributed by atoms with E-state index in [0.717, 1.165) is 6.42 Å². The summed E-state index contributed by atoms with van der Waals surface area (Å²) in [5, 5.41) is 3.12. The van der Waals surface area contributed by atoms with Gasteiger partial charge in [-0.2, -0.15) is 0 Å². The first-order valence-corrected chi connectivity index (χ1v) is 6.82. The van der Waals surface area contributed by atoms with Gasteiger partial charge in [-0.05, 0) is 24.6 Å². The Morgan fingerprint density at radius 2 is 2.05 bits per heavy atom. The van der Waals surface area contributed by atoms with Crippen molar-refractivity contribution in [1.29, 1.82) is 0 Å². The first kappa shape index (κ1) is 16.5. The molecule has 0 aliphatic heterocycles. The number of nitrogens with zero attached hydrogens (tertiary/aromatic N) is 1. The Balaban J connectivity index is 3.01. The molecule has 0 bridgehead atoms. The van der Waals surface area contributed by atoms with Gasteiger partial charge in [0.15, 0.2) is 0 Å². The number of hydrogen-bond donors (Lipinski definition) is 2. The van der Waals surface area contributed by atoms with E-state index in [1.54, 1.807) is 32.3 Å². The van der Waals surface area contributed by atoms with Crippen LogP contribution in [0.25, 0.3) is 0 Å². The third-order valence-electron chi connectivity index (χ3n) is 2.81. The molecule has 0 heterocycles. The SMILES string of the molecule is CCCC(N)C(=O)Nc1cc(Cl)ccc1C(=O)N(C)C. The average Bonchev–Trinajstić information content (AvgIpc) is 2.38. The van der Waals surface area contributed by atoms with Gasteiger partial charge in [0.25, 0.3) is 5.91 Å². The van der Waals surface area contributed by atoms with Crippen molar-refractivity contribution < 1.29 is 9.59 Å². The lowest BCUT2D eigenvalue weighted by molar-refractivity contribution is -0.117. The van der Waals surface area contributed by atoms with Gasteiger partial charge in [0.1, 0.15) is 0 Å². The van der Waals surface area contributed by atoms with E-state index in [4.69, 9.17) is 17.3 Å². The standard InChI is InChI=1S/C14H20ClN3O2/c1-4-5-11(16)13(19)17-12-8-9(15)6-7-10(12)14(20)18(2)3/h6-8,11H,4-5,16H2,1-3H3,(H,17,19). The van der Waals surface area contributed by atoms with Crippen LogP contribution in [0.2, 0.25) is 5.02 Å². The van der Waals surface area contributed by atoms with Gasteiger partial charge < -0.3 is 16.0 Å². The molecule has 0 saturated carbocycles. The highest BCUT2D eigenvalue weighted by Gasteiger charge is 2.18. The Labute approximate surface area is 124 Å². The Bertz CT molecular complexity index is 503. The molecule has 0 spiro atoms. The molecule has 1 unspecified atom stereocenters. The molecule has 1 aromatic carbocycles. The predicted octanol–water partition coefficient (Wildman–Crippen LogP) is 2.11. The summed E-state index contributed by atoms with van der Waals surface area (Å²) >= 11 is 5.92. The van der Waals surface area contributed by atoms with Crippen LogP contribution in [0.15, 0.2) is 18.2 Å². The van der Waals surface area contributed by atoms with Crippen LogP contribution in [0.4, 0.5) is 5.69 Å². The predicted molar refractivity (Wildman–Crippen MR) is 81.0 cm³/mol. The van der Waals surface area contributed by atoms with Crippen LogP contribution in [0, 0.1) is 0 Å². The van der Waals surface area contributed by atoms with Crippen LogP contribution in [0.1, 0.15) is 30.1 Å². The van der Waals surface area contributed by atoms with Crippen molar-refractivity contribution in [2.24, 2.45) is 5.73 Å². The maximum atomic E-state index is 12.1. The molecule has 1 aromatic rings. The van der Waals surface area contributed by atoms with Crippen molar-refractivity contribution in [2.75, 3.05) is 19.4 Å². The normalized spacial score (nSPS) is 11.8. The highest BCUT2D eigenvalue weighted by Crippen LogP contribution is 2.22. The number of carbonyl (C=O) groups is 2. The van der Waals surface area contributed by atoms with E-state index in [1.807, 2.05) is 6.92 Å². The molecule has 2 amide bonds. The second kappa shape index (κ2) is 7.26. The van der Waals surface area contributed by atoms with E-state index in [-0.39, 0.29) is 11.8 Å². The van der Waals surface area contributed by atoms with E-state index in [9.17, 15) is 9.59 Å². The average molecular weight is 298 g/mol. The van der Waals surface area contributed by atoms with Crippen molar-refractivity contribution in [1.82, 2.24) is 4.90 Å². The maximum Gasteiger partial charge on any atom is 0.255 e. The van der Waals surface area contributed by atoms with Crippen LogP contribution in [0.3, 0.4) is 0 Å². The molecule has 110 valence electrons. The summed E-state index contributed by atoms with van der Waals surface area (Å²) in [6, 6.07) is 4.15. The summed E-state index contributed by atoms with van der Waals surface area (Å²) in [5.41, 5.74) is 6.53.